The van der Waals surface area contributed by atoms with Crippen molar-refractivity contribution in [2.45, 2.75) is 12.4 Å². The van der Waals surface area contributed by atoms with Crippen molar-refractivity contribution in [2.75, 3.05) is 0 Å². The minimum atomic E-state index is -3.10. The Bertz CT molecular complexity index is 967. The van der Waals surface area contributed by atoms with Crippen LogP contribution in [-0.4, -0.2) is 22.2 Å². The number of phenols is 1. The van der Waals surface area contributed by atoms with E-state index in [2.05, 4.69) is 0 Å². The van der Waals surface area contributed by atoms with Crippen molar-refractivity contribution in [3.05, 3.63) is 44.1 Å². The summed E-state index contributed by atoms with van der Waals surface area (Å²) in [5, 5.41) is 19.0. The van der Waals surface area contributed by atoms with E-state index in [4.69, 9.17) is 22.4 Å². The first-order valence-electron chi connectivity index (χ1n) is 8.51. The molecule has 0 amide bonds. The molecule has 0 aliphatic rings. The fourth-order valence-electron chi connectivity index (χ4n) is 1.52. The van der Waals surface area contributed by atoms with Gasteiger partial charge in [0.05, 0.1) is 18.4 Å². The number of hydrogen-bond donors (Lipinski definition) is 3. The molecule has 128 valence electrons. The third-order valence-electron chi connectivity index (χ3n) is 2.57. The monoisotopic (exact) mass is 782 g/mol. The number of carbonyl (C=O) groups is 1. The normalized spacial score (nSPS) is 17.0. The molecular formula is C15H11I4NO4. The molecule has 0 radical (unpaired) electrons. The van der Waals surface area contributed by atoms with E-state index in [1.807, 2.05) is 45.2 Å². The van der Waals surface area contributed by atoms with Gasteiger partial charge in [-0.1, -0.05) is 0 Å². The van der Waals surface area contributed by atoms with E-state index in [0.29, 0.717) is 12.9 Å². The summed E-state index contributed by atoms with van der Waals surface area (Å²) in [5.74, 6) is -1.38. The van der Waals surface area contributed by atoms with E-state index in [1.54, 1.807) is 57.3 Å². The van der Waals surface area contributed by atoms with Crippen molar-refractivity contribution in [3.8, 4) is 17.2 Å². The molecule has 2 aromatic rings. The van der Waals surface area contributed by atoms with Gasteiger partial charge < -0.3 is 20.7 Å². The summed E-state index contributed by atoms with van der Waals surface area (Å²) in [4.78, 5) is 11.3. The number of aliphatic carboxylic acids is 1. The fraction of sp³-hybridized carbons (Fsp3) is 0.133. The highest BCUT2D eigenvalue weighted by Gasteiger charge is 2.16. The molecular weight excluding hydrogens is 766 g/mol. The summed E-state index contributed by atoms with van der Waals surface area (Å²) in [5.41, 5.74) is 4.78. The van der Waals surface area contributed by atoms with Gasteiger partial charge in [-0.25, -0.2) is 0 Å². The van der Waals surface area contributed by atoms with Crippen LogP contribution in [-0.2, 0) is 11.2 Å². The minimum absolute atomic E-state index is 0.0947. The van der Waals surface area contributed by atoms with Crippen molar-refractivity contribution in [2.24, 2.45) is 5.73 Å². The Morgan fingerprint density at radius 1 is 1.25 bits per heavy atom. The average molecular weight is 782 g/mol. The van der Waals surface area contributed by atoms with Crippen LogP contribution in [0.15, 0.2) is 24.2 Å². The molecule has 0 aliphatic heterocycles. The highest BCUT2D eigenvalue weighted by atomic mass is 127. The second kappa shape index (κ2) is 8.85. The number of hydrogen-bond acceptors (Lipinski definition) is 4. The summed E-state index contributed by atoms with van der Waals surface area (Å²) in [6.45, 7) is 0. The van der Waals surface area contributed by atoms with Crippen molar-refractivity contribution >= 4 is 96.3 Å². The van der Waals surface area contributed by atoms with Crippen LogP contribution in [0.2, 0.25) is 0 Å². The standard InChI is InChI=1S/C15H11I4NO4/c16-8-4-7(5-9(17)13(8)21)24-14-10(18)1-6(2-11(14)19)3-12(20)15(22)23/h1-2,4-5,12,21H,3,20H2,(H,22,23)/i1D,2D,3D2,12D. The molecule has 24 heavy (non-hydrogen) atoms. The molecule has 0 saturated heterocycles. The van der Waals surface area contributed by atoms with E-state index in [0.717, 1.165) is 0 Å². The zero-order chi connectivity index (χ0) is 22.5. The van der Waals surface area contributed by atoms with Crippen LogP contribution in [0, 0.1) is 14.3 Å². The van der Waals surface area contributed by atoms with Crippen molar-refractivity contribution in [1.82, 2.24) is 0 Å². The van der Waals surface area contributed by atoms with Crippen LogP contribution < -0.4 is 10.5 Å². The Labute approximate surface area is 200 Å². The molecule has 0 bridgehead atoms. The summed E-state index contributed by atoms with van der Waals surface area (Å²) >= 11 is 7.33. The molecule has 0 saturated carbocycles. The molecule has 0 aromatic heterocycles. The summed E-state index contributed by atoms with van der Waals surface area (Å²) in [6.07, 6.45) is -3.02. The topological polar surface area (TPSA) is 92.8 Å². The second-order valence-corrected chi connectivity index (χ2v) is 8.75. The largest absolute Gasteiger partial charge is 0.506 e. The predicted molar refractivity (Wildman–Crippen MR) is 125 cm³/mol. The lowest BCUT2D eigenvalue weighted by Gasteiger charge is -2.14. The maximum atomic E-state index is 11.3. The number of halogens is 4. The van der Waals surface area contributed by atoms with Crippen LogP contribution in [0.25, 0.3) is 0 Å². The third kappa shape index (κ3) is 5.20. The minimum Gasteiger partial charge on any atom is -0.506 e. The Morgan fingerprint density at radius 2 is 1.75 bits per heavy atom. The van der Waals surface area contributed by atoms with Gasteiger partial charge in [0.15, 0.2) is 5.75 Å². The Balaban J connectivity index is 2.69. The lowest BCUT2D eigenvalue weighted by molar-refractivity contribution is -0.138. The van der Waals surface area contributed by atoms with E-state index in [1.165, 1.54) is 0 Å². The first-order valence-corrected chi connectivity index (χ1v) is 10.3. The quantitative estimate of drug-likeness (QED) is 0.388. The number of phenolic OH excluding ortho intramolecular Hbond substituents is 1. The highest BCUT2D eigenvalue weighted by molar-refractivity contribution is 14.1. The van der Waals surface area contributed by atoms with Gasteiger partial charge in [-0.2, -0.15) is 0 Å². The van der Waals surface area contributed by atoms with Gasteiger partial charge in [-0.05, 0) is 127 Å². The number of carboxylic acids is 1. The maximum Gasteiger partial charge on any atom is 0.320 e. The highest BCUT2D eigenvalue weighted by Crippen LogP contribution is 2.36. The molecule has 4 N–H and O–H groups in total. The Kier molecular flexibility index (Phi) is 5.33. The Morgan fingerprint density at radius 3 is 2.21 bits per heavy atom. The molecule has 0 fully saturated rings. The zero-order valence-electron chi connectivity index (χ0n) is 16.5. The van der Waals surface area contributed by atoms with E-state index in [-0.39, 0.29) is 18.6 Å². The van der Waals surface area contributed by atoms with E-state index in [9.17, 15) is 9.90 Å². The number of benzene rings is 2. The van der Waals surface area contributed by atoms with Crippen LogP contribution in [0.1, 0.15) is 12.4 Å². The van der Waals surface area contributed by atoms with Gasteiger partial charge in [-0.15, -0.1) is 0 Å². The zero-order valence-corrected chi connectivity index (χ0v) is 20.1. The first-order chi connectivity index (χ1) is 13.1. The van der Waals surface area contributed by atoms with Gasteiger partial charge in [-0.3, -0.25) is 4.79 Å². The lowest BCUT2D eigenvalue weighted by atomic mass is 10.1. The molecule has 0 aliphatic carbocycles. The third-order valence-corrected chi connectivity index (χ3v) is 5.73. The predicted octanol–water partition coefficient (Wildman–Crippen LogP) is 4.56. The summed E-state index contributed by atoms with van der Waals surface area (Å²) < 4.78 is 47.7. The smallest absolute Gasteiger partial charge is 0.320 e. The van der Waals surface area contributed by atoms with Crippen molar-refractivity contribution in [3.63, 3.8) is 0 Å². The molecule has 1 atom stereocenters. The van der Waals surface area contributed by atoms with Crippen LogP contribution >= 0.6 is 90.4 Å². The van der Waals surface area contributed by atoms with Crippen LogP contribution in [0.5, 0.6) is 17.2 Å². The number of rotatable bonds is 5. The first kappa shape index (κ1) is 14.4. The van der Waals surface area contributed by atoms with Gasteiger partial charge >= 0.3 is 5.97 Å². The molecule has 1 unspecified atom stereocenters. The Hall–Kier alpha value is 0.390. The van der Waals surface area contributed by atoms with Gasteiger partial charge in [0.25, 0.3) is 0 Å². The number of ether oxygens (including phenoxy) is 1. The number of carboxylic acid groups (broad SMARTS) is 1. The number of nitrogens with two attached hydrogens (primary N) is 1. The average Bonchev–Trinajstić information content (AvgIpc) is 2.61. The fourth-order valence-corrected chi connectivity index (χ4v) is 5.05. The molecule has 2 rings (SSSR count). The van der Waals surface area contributed by atoms with Crippen LogP contribution in [0.3, 0.4) is 0 Å². The molecule has 2 aromatic carbocycles. The summed E-state index contributed by atoms with van der Waals surface area (Å²) in [6, 6.07) is -0.950. The SMILES string of the molecule is [2H]c1c(I)c(Oc2cc(I)c(O)c(I)c2)c(I)c([2H])c1C([2H])([2H])C([2H])(N)C(=O)O. The summed E-state index contributed by atoms with van der Waals surface area (Å²) in [7, 11) is 0. The van der Waals surface area contributed by atoms with Crippen molar-refractivity contribution < 1.29 is 26.6 Å². The molecule has 0 spiro atoms. The molecule has 0 heterocycles. The van der Waals surface area contributed by atoms with E-state index >= 15 is 0 Å². The second-order valence-electron chi connectivity index (χ2n) is 4.26. The van der Waals surface area contributed by atoms with Gasteiger partial charge in [0.2, 0.25) is 0 Å². The van der Waals surface area contributed by atoms with Gasteiger partial charge in [0.1, 0.15) is 17.5 Å². The van der Waals surface area contributed by atoms with Gasteiger partial charge in [0, 0.05) is 2.74 Å². The lowest BCUT2D eigenvalue weighted by Crippen LogP contribution is -2.32. The maximum absolute atomic E-state index is 11.3. The van der Waals surface area contributed by atoms with Crippen molar-refractivity contribution in [1.29, 1.82) is 0 Å². The van der Waals surface area contributed by atoms with E-state index < -0.39 is 36.0 Å². The molecule has 5 nitrogen and oxygen atoms in total. The number of aromatic hydroxyl groups is 1. The van der Waals surface area contributed by atoms with Crippen LogP contribution in [0.4, 0.5) is 0 Å². The molecule has 9 heteroatoms.